The molecule has 1 saturated carbocycles. The molecular formula is C21H23ClN2O2. The molecule has 136 valence electrons. The van der Waals surface area contributed by atoms with E-state index in [1.807, 2.05) is 54.6 Å². The Bertz CT molecular complexity index is 779. The highest BCUT2D eigenvalue weighted by Gasteiger charge is 2.48. The maximum absolute atomic E-state index is 12.5. The number of benzene rings is 2. The number of hydrogen-bond acceptors (Lipinski definition) is 2. The number of halogens is 1. The van der Waals surface area contributed by atoms with Gasteiger partial charge in [-0.3, -0.25) is 9.59 Å². The van der Waals surface area contributed by atoms with E-state index in [1.165, 1.54) is 0 Å². The van der Waals surface area contributed by atoms with Crippen LogP contribution in [0.2, 0.25) is 5.02 Å². The van der Waals surface area contributed by atoms with Gasteiger partial charge in [-0.1, -0.05) is 54.1 Å². The molecule has 2 amide bonds. The normalized spacial score (nSPS) is 18.2. The molecule has 1 aliphatic rings. The van der Waals surface area contributed by atoms with Crippen LogP contribution in [0.5, 0.6) is 0 Å². The first kappa shape index (κ1) is 18.5. The summed E-state index contributed by atoms with van der Waals surface area (Å²) < 4.78 is 0. The molecule has 0 heterocycles. The van der Waals surface area contributed by atoms with Gasteiger partial charge in [0, 0.05) is 25.2 Å². The summed E-state index contributed by atoms with van der Waals surface area (Å²) in [5.74, 6) is -0.364. The largest absolute Gasteiger partial charge is 0.356 e. The number of amides is 2. The average Bonchev–Trinajstić information content (AvgIpc) is 3.43. The lowest BCUT2D eigenvalue weighted by Gasteiger charge is -2.17. The van der Waals surface area contributed by atoms with Crippen LogP contribution < -0.4 is 5.32 Å². The second-order valence-electron chi connectivity index (χ2n) is 6.80. The molecule has 0 bridgehead atoms. The number of carbonyl (C=O) groups excluding carboxylic acids is 2. The number of nitrogens with one attached hydrogen (secondary N) is 1. The molecule has 2 aromatic rings. The van der Waals surface area contributed by atoms with Crippen molar-refractivity contribution in [1.82, 2.24) is 10.2 Å². The summed E-state index contributed by atoms with van der Waals surface area (Å²) in [6.45, 7) is 1.12. The SMILES string of the molecule is CN(Cc1ccccc1)C(=O)C1CC1C(=O)NCCc1cccc(Cl)c1. The monoisotopic (exact) mass is 370 g/mol. The Morgan fingerprint density at radius 2 is 1.81 bits per heavy atom. The molecule has 0 saturated heterocycles. The molecule has 0 aromatic heterocycles. The van der Waals surface area contributed by atoms with Gasteiger partial charge >= 0.3 is 0 Å². The fraction of sp³-hybridized carbons (Fsp3) is 0.333. The molecular weight excluding hydrogens is 348 g/mol. The van der Waals surface area contributed by atoms with Crippen molar-refractivity contribution in [2.75, 3.05) is 13.6 Å². The zero-order valence-corrected chi connectivity index (χ0v) is 15.6. The molecule has 2 unspecified atom stereocenters. The Balaban J connectivity index is 1.42. The minimum absolute atomic E-state index is 0.0292. The zero-order chi connectivity index (χ0) is 18.5. The summed E-state index contributed by atoms with van der Waals surface area (Å²) in [6.07, 6.45) is 1.37. The van der Waals surface area contributed by atoms with Gasteiger partial charge in [-0.15, -0.1) is 0 Å². The standard InChI is InChI=1S/C21H23ClN2O2/c1-24(14-16-6-3-2-4-7-16)21(26)19-13-18(19)20(25)23-11-10-15-8-5-9-17(22)12-15/h2-9,12,18-19H,10-11,13-14H2,1H3,(H,23,25). The number of nitrogens with zero attached hydrogens (tertiary/aromatic N) is 1. The van der Waals surface area contributed by atoms with E-state index >= 15 is 0 Å². The van der Waals surface area contributed by atoms with Crippen molar-refractivity contribution in [3.05, 3.63) is 70.7 Å². The topological polar surface area (TPSA) is 49.4 Å². The van der Waals surface area contributed by atoms with E-state index in [0.717, 1.165) is 17.5 Å². The molecule has 1 aliphatic carbocycles. The van der Waals surface area contributed by atoms with Crippen molar-refractivity contribution in [2.24, 2.45) is 11.8 Å². The summed E-state index contributed by atoms with van der Waals surface area (Å²) >= 11 is 5.96. The Labute approximate surface area is 159 Å². The van der Waals surface area contributed by atoms with E-state index in [0.29, 0.717) is 24.5 Å². The average molecular weight is 371 g/mol. The van der Waals surface area contributed by atoms with Crippen molar-refractivity contribution in [3.63, 3.8) is 0 Å². The van der Waals surface area contributed by atoms with Crippen LogP contribution in [0.1, 0.15) is 17.5 Å². The first-order chi connectivity index (χ1) is 12.5. The Morgan fingerprint density at radius 1 is 1.08 bits per heavy atom. The lowest BCUT2D eigenvalue weighted by atomic mass is 10.1. The summed E-state index contributed by atoms with van der Waals surface area (Å²) in [5, 5.41) is 3.63. The molecule has 0 spiro atoms. The Morgan fingerprint density at radius 3 is 2.54 bits per heavy atom. The first-order valence-electron chi connectivity index (χ1n) is 8.85. The molecule has 2 aromatic carbocycles. The van der Waals surface area contributed by atoms with Crippen molar-refractivity contribution in [1.29, 1.82) is 0 Å². The molecule has 0 aliphatic heterocycles. The van der Waals surface area contributed by atoms with Gasteiger partial charge in [-0.25, -0.2) is 0 Å². The van der Waals surface area contributed by atoms with Crippen molar-refractivity contribution >= 4 is 23.4 Å². The van der Waals surface area contributed by atoms with Crippen LogP contribution in [-0.4, -0.2) is 30.3 Å². The molecule has 1 N–H and O–H groups in total. The minimum Gasteiger partial charge on any atom is -0.356 e. The van der Waals surface area contributed by atoms with E-state index in [9.17, 15) is 9.59 Å². The minimum atomic E-state index is -0.194. The van der Waals surface area contributed by atoms with Gasteiger partial charge in [0.1, 0.15) is 0 Å². The maximum atomic E-state index is 12.5. The molecule has 0 radical (unpaired) electrons. The summed E-state index contributed by atoms with van der Waals surface area (Å²) in [6, 6.07) is 17.5. The van der Waals surface area contributed by atoms with Gasteiger partial charge in [-0.05, 0) is 36.1 Å². The van der Waals surface area contributed by atoms with Crippen LogP contribution in [0.25, 0.3) is 0 Å². The van der Waals surface area contributed by atoms with E-state index in [-0.39, 0.29) is 23.7 Å². The van der Waals surface area contributed by atoms with Crippen molar-refractivity contribution < 1.29 is 9.59 Å². The van der Waals surface area contributed by atoms with Crippen LogP contribution in [0.4, 0.5) is 0 Å². The van der Waals surface area contributed by atoms with Crippen LogP contribution in [0, 0.1) is 11.8 Å². The molecule has 26 heavy (non-hydrogen) atoms. The third-order valence-electron chi connectivity index (χ3n) is 4.69. The van der Waals surface area contributed by atoms with Gasteiger partial charge in [0.2, 0.25) is 11.8 Å². The van der Waals surface area contributed by atoms with Gasteiger partial charge in [0.25, 0.3) is 0 Å². The highest BCUT2D eigenvalue weighted by Crippen LogP contribution is 2.40. The Kier molecular flexibility index (Phi) is 5.94. The molecule has 2 atom stereocenters. The van der Waals surface area contributed by atoms with Gasteiger partial charge in [0.05, 0.1) is 11.8 Å². The molecule has 1 fully saturated rings. The first-order valence-corrected chi connectivity index (χ1v) is 9.23. The Hall–Kier alpha value is -2.33. The highest BCUT2D eigenvalue weighted by molar-refractivity contribution is 6.30. The van der Waals surface area contributed by atoms with Crippen LogP contribution in [0.15, 0.2) is 54.6 Å². The quantitative estimate of drug-likeness (QED) is 0.813. The lowest BCUT2D eigenvalue weighted by Crippen LogP contribution is -2.32. The number of hydrogen-bond donors (Lipinski definition) is 1. The van der Waals surface area contributed by atoms with Crippen LogP contribution >= 0.6 is 11.6 Å². The van der Waals surface area contributed by atoms with E-state index in [2.05, 4.69) is 5.32 Å². The predicted molar refractivity (Wildman–Crippen MR) is 103 cm³/mol. The highest BCUT2D eigenvalue weighted by atomic mass is 35.5. The number of carbonyl (C=O) groups is 2. The van der Waals surface area contributed by atoms with E-state index in [4.69, 9.17) is 11.6 Å². The zero-order valence-electron chi connectivity index (χ0n) is 14.8. The summed E-state index contributed by atoms with van der Waals surface area (Å²) in [7, 11) is 1.79. The van der Waals surface area contributed by atoms with E-state index in [1.54, 1.807) is 11.9 Å². The van der Waals surface area contributed by atoms with Gasteiger partial charge < -0.3 is 10.2 Å². The third kappa shape index (κ3) is 4.85. The summed E-state index contributed by atoms with van der Waals surface area (Å²) in [5.41, 5.74) is 2.18. The van der Waals surface area contributed by atoms with E-state index < -0.39 is 0 Å². The van der Waals surface area contributed by atoms with Gasteiger partial charge in [-0.2, -0.15) is 0 Å². The van der Waals surface area contributed by atoms with Crippen molar-refractivity contribution in [3.8, 4) is 0 Å². The maximum Gasteiger partial charge on any atom is 0.226 e. The molecule has 3 rings (SSSR count). The lowest BCUT2D eigenvalue weighted by molar-refractivity contribution is -0.134. The van der Waals surface area contributed by atoms with Crippen LogP contribution in [0.3, 0.4) is 0 Å². The van der Waals surface area contributed by atoms with Crippen molar-refractivity contribution in [2.45, 2.75) is 19.4 Å². The second-order valence-corrected chi connectivity index (χ2v) is 7.24. The number of rotatable bonds is 7. The predicted octanol–water partition coefficient (Wildman–Crippen LogP) is 3.29. The third-order valence-corrected chi connectivity index (χ3v) is 4.92. The van der Waals surface area contributed by atoms with Gasteiger partial charge in [0.15, 0.2) is 0 Å². The smallest absolute Gasteiger partial charge is 0.226 e. The fourth-order valence-electron chi connectivity index (χ4n) is 3.13. The summed E-state index contributed by atoms with van der Waals surface area (Å²) in [4.78, 5) is 26.4. The van der Waals surface area contributed by atoms with Crippen LogP contribution in [-0.2, 0) is 22.6 Å². The molecule has 4 nitrogen and oxygen atoms in total. The second kappa shape index (κ2) is 8.37. The molecule has 5 heteroatoms. The fourth-order valence-corrected chi connectivity index (χ4v) is 3.34.